The number of methoxy groups -OCH3 is 1. The standard InChI is InChI=1S/C19H19N3O4S/c1-25-15-9-14-16(8-13(15)12-6-4-3-5-7-12)27-19(21-14)10-17(23)20-11-18(24)22-26-2/h3-9H,10-11H2,1-2H3,(H,20,23)(H,22,24). The molecule has 0 saturated heterocycles. The zero-order valence-corrected chi connectivity index (χ0v) is 15.8. The van der Waals surface area contributed by atoms with Crippen LogP contribution in [0.2, 0.25) is 0 Å². The van der Waals surface area contributed by atoms with Gasteiger partial charge in [-0.2, -0.15) is 0 Å². The molecule has 0 bridgehead atoms. The highest BCUT2D eigenvalue weighted by Gasteiger charge is 2.14. The molecular formula is C19H19N3O4S. The van der Waals surface area contributed by atoms with Crippen LogP contribution in [0, 0.1) is 0 Å². The molecule has 8 heteroatoms. The number of carbonyl (C=O) groups excluding carboxylic acids is 2. The van der Waals surface area contributed by atoms with Crippen LogP contribution in [0.4, 0.5) is 0 Å². The number of hydrogen-bond acceptors (Lipinski definition) is 6. The molecule has 3 aromatic rings. The summed E-state index contributed by atoms with van der Waals surface area (Å²) in [5.74, 6) is 0.0224. The van der Waals surface area contributed by atoms with Crippen LogP contribution in [0.15, 0.2) is 42.5 Å². The van der Waals surface area contributed by atoms with E-state index in [1.807, 2.05) is 42.5 Å². The first-order valence-electron chi connectivity index (χ1n) is 8.22. The molecule has 0 saturated carbocycles. The average Bonchev–Trinajstić information content (AvgIpc) is 3.07. The molecule has 0 aliphatic rings. The second-order valence-corrected chi connectivity index (χ2v) is 6.79. The number of thiazole rings is 1. The van der Waals surface area contributed by atoms with E-state index < -0.39 is 5.91 Å². The molecule has 140 valence electrons. The highest BCUT2D eigenvalue weighted by Crippen LogP contribution is 2.36. The number of aromatic nitrogens is 1. The maximum absolute atomic E-state index is 12.0. The Kier molecular flexibility index (Phi) is 6.00. The average molecular weight is 385 g/mol. The van der Waals surface area contributed by atoms with Gasteiger partial charge in [-0.15, -0.1) is 11.3 Å². The topological polar surface area (TPSA) is 89.6 Å². The minimum Gasteiger partial charge on any atom is -0.496 e. The number of fused-ring (bicyclic) bond motifs is 1. The van der Waals surface area contributed by atoms with Crippen molar-refractivity contribution in [2.75, 3.05) is 20.8 Å². The second kappa shape index (κ2) is 8.61. The van der Waals surface area contributed by atoms with E-state index in [1.165, 1.54) is 18.4 Å². The number of nitrogens with zero attached hydrogens (tertiary/aromatic N) is 1. The van der Waals surface area contributed by atoms with Gasteiger partial charge in [0.1, 0.15) is 10.8 Å². The van der Waals surface area contributed by atoms with Crippen LogP contribution in [0.25, 0.3) is 21.3 Å². The second-order valence-electron chi connectivity index (χ2n) is 5.68. The summed E-state index contributed by atoms with van der Waals surface area (Å²) in [5, 5.41) is 3.20. The zero-order chi connectivity index (χ0) is 19.2. The van der Waals surface area contributed by atoms with Crippen molar-refractivity contribution in [1.29, 1.82) is 0 Å². The lowest BCUT2D eigenvalue weighted by Crippen LogP contribution is -2.37. The van der Waals surface area contributed by atoms with Crippen LogP contribution in [0.5, 0.6) is 5.75 Å². The van der Waals surface area contributed by atoms with Gasteiger partial charge in [0.05, 0.1) is 37.4 Å². The molecule has 0 fully saturated rings. The summed E-state index contributed by atoms with van der Waals surface area (Å²) in [6.07, 6.45) is 0.0998. The van der Waals surface area contributed by atoms with Crippen LogP contribution in [-0.4, -0.2) is 37.6 Å². The maximum atomic E-state index is 12.0. The van der Waals surface area contributed by atoms with Gasteiger partial charge in [0.25, 0.3) is 5.91 Å². The largest absolute Gasteiger partial charge is 0.496 e. The summed E-state index contributed by atoms with van der Waals surface area (Å²) in [4.78, 5) is 32.3. The number of carbonyl (C=O) groups is 2. The van der Waals surface area contributed by atoms with Gasteiger partial charge < -0.3 is 10.1 Å². The van der Waals surface area contributed by atoms with Gasteiger partial charge >= 0.3 is 0 Å². The lowest BCUT2D eigenvalue weighted by molar-refractivity contribution is -0.132. The van der Waals surface area contributed by atoms with Gasteiger partial charge in [-0.05, 0) is 11.6 Å². The SMILES string of the molecule is CONC(=O)CNC(=O)Cc1nc2cc(OC)c(-c3ccccc3)cc2s1. The summed E-state index contributed by atoms with van der Waals surface area (Å²) in [7, 11) is 2.96. The minimum absolute atomic E-state index is 0.0998. The monoisotopic (exact) mass is 385 g/mol. The van der Waals surface area contributed by atoms with Crippen molar-refractivity contribution in [3.63, 3.8) is 0 Å². The fraction of sp³-hybridized carbons (Fsp3) is 0.211. The van der Waals surface area contributed by atoms with Gasteiger partial charge in [0, 0.05) is 11.6 Å². The van der Waals surface area contributed by atoms with Crippen LogP contribution in [0.3, 0.4) is 0 Å². The molecule has 1 heterocycles. The van der Waals surface area contributed by atoms with Crippen LogP contribution in [0.1, 0.15) is 5.01 Å². The van der Waals surface area contributed by atoms with Gasteiger partial charge in [-0.1, -0.05) is 30.3 Å². The van der Waals surface area contributed by atoms with Crippen LogP contribution in [-0.2, 0) is 20.8 Å². The van der Waals surface area contributed by atoms with Gasteiger partial charge in [0.2, 0.25) is 5.91 Å². The van der Waals surface area contributed by atoms with Crippen molar-refractivity contribution in [3.8, 4) is 16.9 Å². The number of rotatable bonds is 7. The first-order valence-corrected chi connectivity index (χ1v) is 9.03. The first-order chi connectivity index (χ1) is 13.1. The predicted molar refractivity (Wildman–Crippen MR) is 103 cm³/mol. The fourth-order valence-electron chi connectivity index (χ4n) is 2.62. The van der Waals surface area contributed by atoms with Crippen molar-refractivity contribution < 1.29 is 19.2 Å². The molecule has 0 unspecified atom stereocenters. The Labute approximate surface area is 160 Å². The van der Waals surface area contributed by atoms with E-state index in [0.29, 0.717) is 5.01 Å². The van der Waals surface area contributed by atoms with Crippen molar-refractivity contribution in [1.82, 2.24) is 15.8 Å². The highest BCUT2D eigenvalue weighted by atomic mass is 32.1. The molecule has 3 rings (SSSR count). The Bertz CT molecular complexity index is 956. The lowest BCUT2D eigenvalue weighted by atomic mass is 10.0. The van der Waals surface area contributed by atoms with E-state index >= 15 is 0 Å². The summed E-state index contributed by atoms with van der Waals surface area (Å²) in [6.45, 7) is -0.149. The Balaban J connectivity index is 1.79. The van der Waals surface area contributed by atoms with Crippen molar-refractivity contribution >= 4 is 33.4 Å². The number of nitrogens with one attached hydrogen (secondary N) is 2. The van der Waals surface area contributed by atoms with Crippen LogP contribution >= 0.6 is 11.3 Å². The van der Waals surface area contributed by atoms with Crippen LogP contribution < -0.4 is 15.5 Å². The van der Waals surface area contributed by atoms with Crippen molar-refractivity contribution in [2.45, 2.75) is 6.42 Å². The molecule has 2 aromatic carbocycles. The van der Waals surface area contributed by atoms with Crippen molar-refractivity contribution in [2.24, 2.45) is 0 Å². The molecule has 2 amide bonds. The molecule has 7 nitrogen and oxygen atoms in total. The Morgan fingerprint density at radius 3 is 2.59 bits per heavy atom. The third-order valence-corrected chi connectivity index (χ3v) is 4.83. The molecule has 0 radical (unpaired) electrons. The summed E-state index contributed by atoms with van der Waals surface area (Å²) in [5.41, 5.74) is 4.94. The number of amides is 2. The lowest BCUT2D eigenvalue weighted by Gasteiger charge is -2.08. The normalized spacial score (nSPS) is 10.6. The first kappa shape index (κ1) is 18.8. The molecular weight excluding hydrogens is 366 g/mol. The number of hydrogen-bond donors (Lipinski definition) is 2. The Morgan fingerprint density at radius 2 is 1.89 bits per heavy atom. The summed E-state index contributed by atoms with van der Waals surface area (Å²) in [6, 6.07) is 13.8. The maximum Gasteiger partial charge on any atom is 0.262 e. The smallest absolute Gasteiger partial charge is 0.262 e. The summed E-state index contributed by atoms with van der Waals surface area (Å²) >= 11 is 1.45. The molecule has 1 aromatic heterocycles. The van der Waals surface area contributed by atoms with E-state index in [4.69, 9.17) is 4.74 Å². The minimum atomic E-state index is -0.424. The van der Waals surface area contributed by atoms with E-state index in [2.05, 4.69) is 20.6 Å². The molecule has 0 spiro atoms. The van der Waals surface area contributed by atoms with E-state index in [0.717, 1.165) is 27.1 Å². The number of ether oxygens (including phenoxy) is 1. The highest BCUT2D eigenvalue weighted by molar-refractivity contribution is 7.18. The molecule has 2 N–H and O–H groups in total. The van der Waals surface area contributed by atoms with Gasteiger partial charge in [-0.3, -0.25) is 14.4 Å². The zero-order valence-electron chi connectivity index (χ0n) is 14.9. The van der Waals surface area contributed by atoms with Gasteiger partial charge in [-0.25, -0.2) is 10.5 Å². The number of benzene rings is 2. The van der Waals surface area contributed by atoms with E-state index in [9.17, 15) is 9.59 Å². The number of hydroxylamine groups is 1. The van der Waals surface area contributed by atoms with E-state index in [-0.39, 0.29) is 18.9 Å². The Hall–Kier alpha value is -2.97. The molecule has 0 atom stereocenters. The summed E-state index contributed by atoms with van der Waals surface area (Å²) < 4.78 is 6.48. The predicted octanol–water partition coefficient (Wildman–Crippen LogP) is 2.31. The molecule has 0 aliphatic heterocycles. The third kappa shape index (κ3) is 4.60. The van der Waals surface area contributed by atoms with Crippen molar-refractivity contribution in [3.05, 3.63) is 47.5 Å². The quantitative estimate of drug-likeness (QED) is 0.609. The molecule has 27 heavy (non-hydrogen) atoms. The Morgan fingerprint density at radius 1 is 1.11 bits per heavy atom. The van der Waals surface area contributed by atoms with Gasteiger partial charge in [0.15, 0.2) is 0 Å². The van der Waals surface area contributed by atoms with E-state index in [1.54, 1.807) is 7.11 Å². The third-order valence-electron chi connectivity index (χ3n) is 3.81. The fourth-order valence-corrected chi connectivity index (χ4v) is 3.61. The molecule has 0 aliphatic carbocycles.